The monoisotopic (exact) mass is 1400 g/mol. The van der Waals surface area contributed by atoms with E-state index in [1.165, 1.54) is 86.8 Å². The van der Waals surface area contributed by atoms with Crippen LogP contribution in [0, 0.1) is 17.2 Å². The van der Waals surface area contributed by atoms with Crippen molar-refractivity contribution in [1.29, 1.82) is 5.41 Å². The molecule has 5 aromatic carbocycles. The van der Waals surface area contributed by atoms with Crippen molar-refractivity contribution in [3.63, 3.8) is 0 Å². The molecule has 98 heavy (non-hydrogen) atoms. The van der Waals surface area contributed by atoms with Gasteiger partial charge in [0.2, 0.25) is 41.6 Å². The second-order valence-electron chi connectivity index (χ2n) is 25.9. The van der Waals surface area contributed by atoms with Gasteiger partial charge in [-0.3, -0.25) is 28.8 Å². The van der Waals surface area contributed by atoms with Crippen molar-refractivity contribution in [2.45, 2.75) is 163 Å². The van der Waals surface area contributed by atoms with E-state index in [9.17, 15) is 70.5 Å². The Balaban J connectivity index is 1.23. The number of rotatable bonds is 12. The van der Waals surface area contributed by atoms with Crippen LogP contribution in [0.25, 0.3) is 11.1 Å². The van der Waals surface area contributed by atoms with Crippen molar-refractivity contribution in [3.05, 3.63) is 117 Å². The molecule has 5 amide bonds. The van der Waals surface area contributed by atoms with E-state index < -0.39 is 211 Å². The first-order valence-corrected chi connectivity index (χ1v) is 32.3. The third-order valence-electron chi connectivity index (χ3n) is 18.1. The quantitative estimate of drug-likeness (QED) is 0.0854. The summed E-state index contributed by atoms with van der Waals surface area (Å²) >= 11 is 14.2. The summed E-state index contributed by atoms with van der Waals surface area (Å²) in [6.07, 6.45) is -18.9. The number of Topliss-reactive ketones (excluding diaryl/α,β-unsaturated/α-hetero) is 1. The lowest BCUT2D eigenvalue weighted by Crippen LogP contribution is -2.64. The molecule has 5 aromatic rings. The fourth-order valence-electron chi connectivity index (χ4n) is 12.8. The number of likely N-dealkylation sites (N-methyl/N-ethyl adjacent to an activating group) is 1. The van der Waals surface area contributed by atoms with Crippen molar-refractivity contribution in [2.24, 2.45) is 23.3 Å². The fraction of sp³-hybridized carbons (Fsp3) is 0.448. The molecule has 19 N–H and O–H groups in total. The Hall–Kier alpha value is -8.27. The summed E-state index contributed by atoms with van der Waals surface area (Å²) in [5.74, 6) is -12.9. The number of halogens is 2. The van der Waals surface area contributed by atoms with Crippen molar-refractivity contribution in [3.8, 4) is 57.1 Å². The lowest BCUT2D eigenvalue weighted by atomic mass is 9.80. The molecule has 0 saturated carbocycles. The average Bonchev–Trinajstić information content (AvgIpc) is 0.777. The molecule has 11 bridgehead atoms. The second kappa shape index (κ2) is 29.7. The molecule has 0 spiro atoms. The van der Waals surface area contributed by atoms with E-state index in [-0.39, 0.29) is 79.2 Å². The zero-order valence-corrected chi connectivity index (χ0v) is 55.1. The maximum absolute atomic E-state index is 15.5. The van der Waals surface area contributed by atoms with Crippen LogP contribution in [0.5, 0.6) is 46.0 Å². The number of carbonyl (C=O) groups is 6. The van der Waals surface area contributed by atoms with Gasteiger partial charge in [-0.05, 0) is 116 Å². The predicted octanol–water partition coefficient (Wildman–Crippen LogP) is 2.91. The van der Waals surface area contributed by atoms with E-state index in [2.05, 4.69) is 26.6 Å². The number of carbonyl (C=O) groups excluding carboxylic acids is 6. The Labute approximate surface area is 571 Å². The van der Waals surface area contributed by atoms with Gasteiger partial charge in [-0.15, -0.1) is 0 Å². The zero-order chi connectivity index (χ0) is 71.1. The summed E-state index contributed by atoms with van der Waals surface area (Å²) in [6.45, 7) is 5.41. The molecule has 31 heteroatoms. The Bertz CT molecular complexity index is 3920. The first-order chi connectivity index (χ1) is 46.3. The number of ether oxygens (including phenoxy) is 6. The van der Waals surface area contributed by atoms with Crippen LogP contribution in [0.2, 0.25) is 10.0 Å². The molecular weight excluding hydrogens is 1320 g/mol. The summed E-state index contributed by atoms with van der Waals surface area (Å²) in [5, 5.41) is 126. The largest absolute Gasteiger partial charge is 0.508 e. The molecule has 17 atom stereocenters. The predicted molar refractivity (Wildman–Crippen MR) is 348 cm³/mol. The summed E-state index contributed by atoms with van der Waals surface area (Å²) in [5.41, 5.74) is 9.95. The first kappa shape index (κ1) is 72.5. The number of aromatic hydroxyl groups is 3. The number of amides is 5. The maximum Gasteiger partial charge on any atom is 0.246 e. The summed E-state index contributed by atoms with van der Waals surface area (Å²) in [7, 11) is 1.51. The minimum atomic E-state index is -2.01. The molecule has 0 radical (unpaired) electrons. The highest BCUT2D eigenvalue weighted by atomic mass is 35.5. The number of hydrogen-bond donors (Lipinski definition) is 17. The zero-order valence-electron chi connectivity index (χ0n) is 53.6. The van der Waals surface area contributed by atoms with Crippen LogP contribution < -0.4 is 52.3 Å². The minimum absolute atomic E-state index is 0.0343. The number of nitrogens with one attached hydrogen (secondary N) is 6. The molecule has 4 unspecified atom stereocenters. The summed E-state index contributed by atoms with van der Waals surface area (Å²) < 4.78 is 38.7. The lowest BCUT2D eigenvalue weighted by molar-refractivity contribution is -0.333. The van der Waals surface area contributed by atoms with Crippen LogP contribution in [0.15, 0.2) is 78.9 Å². The number of primary amides is 1. The van der Waals surface area contributed by atoms with Crippen molar-refractivity contribution in [1.82, 2.24) is 26.6 Å². The molecule has 29 nitrogen and oxygen atoms in total. The number of aliphatic hydroxyl groups is 6. The standard InChI is InChI=1S/C67H78Cl2N8O21/c1-26(2)12-40(73-5)63(90)77-54-56(85)30-8-11-46(38(69)16-30)95-48-18-31-17-47(59(48)98-66-60(58(87)57(86)49(25-78)96-66)97-51-23-67(4,72)61(88)27(3)93-51)94-45-10-7-29(15-37(45)68)55(84)36-21-43(81)34(20-39(70)53(31)76-64(91)41(22-50(71)83)75-65(54)92)28-6-9-42(80)35(14-28)52-32(24-74-62(36)89)13-33(79)19-44(52)82/h6-11,13-19,26-27,34,36,40-41,49,51,53-58,60-61,66,70,73,78-80,82,84-88H,12,20-25,72H2,1-5H3,(H2,71,83)(H,74,89)(H,75,92)(H,76,91)(H,77,90)/t27-,34-,36-,40+,41-,49?,51-,53+,54+,55+,56+,57?,58-,60-,61+,66?,67?/m0/s1. The van der Waals surface area contributed by atoms with Gasteiger partial charge in [-0.25, -0.2) is 0 Å². The summed E-state index contributed by atoms with van der Waals surface area (Å²) in [4.78, 5) is 87.6. The Morgan fingerprint density at radius 3 is 2.03 bits per heavy atom. The van der Waals surface area contributed by atoms with E-state index in [1.807, 2.05) is 13.8 Å². The smallest absolute Gasteiger partial charge is 0.246 e. The van der Waals surface area contributed by atoms with Crippen LogP contribution in [0.4, 0.5) is 0 Å². The van der Waals surface area contributed by atoms with Gasteiger partial charge in [-0.1, -0.05) is 55.2 Å². The van der Waals surface area contributed by atoms with Gasteiger partial charge in [0.25, 0.3) is 0 Å². The highest BCUT2D eigenvalue weighted by molar-refractivity contribution is 6.32. The van der Waals surface area contributed by atoms with E-state index in [0.717, 1.165) is 6.07 Å². The van der Waals surface area contributed by atoms with Gasteiger partial charge < -0.3 is 118 Å². The van der Waals surface area contributed by atoms with E-state index in [1.54, 1.807) is 6.92 Å². The van der Waals surface area contributed by atoms with E-state index in [4.69, 9.17) is 63.1 Å². The number of hydrogen-bond acceptors (Lipinski definition) is 24. The number of phenols is 3. The van der Waals surface area contributed by atoms with Crippen molar-refractivity contribution < 1.29 is 103 Å². The number of nitrogens with two attached hydrogens (primary N) is 2. The van der Waals surface area contributed by atoms with E-state index >= 15 is 9.59 Å². The van der Waals surface area contributed by atoms with Gasteiger partial charge in [-0.2, -0.15) is 0 Å². The highest BCUT2D eigenvalue weighted by Gasteiger charge is 2.51. The third-order valence-corrected chi connectivity index (χ3v) is 18.7. The van der Waals surface area contributed by atoms with Crippen LogP contribution in [0.1, 0.15) is 112 Å². The number of aliphatic hydroxyl groups excluding tert-OH is 6. The first-order valence-electron chi connectivity index (χ1n) is 31.5. The van der Waals surface area contributed by atoms with Crippen LogP contribution in [-0.4, -0.2) is 174 Å². The van der Waals surface area contributed by atoms with Gasteiger partial charge in [0.1, 0.15) is 71.0 Å². The highest BCUT2D eigenvalue weighted by Crippen LogP contribution is 2.50. The Morgan fingerprint density at radius 2 is 1.43 bits per heavy atom. The van der Waals surface area contributed by atoms with Crippen LogP contribution in [0.3, 0.4) is 0 Å². The molecule has 7 aliphatic rings. The molecular formula is C67H78Cl2N8O21. The van der Waals surface area contributed by atoms with Gasteiger partial charge >= 0.3 is 0 Å². The SMILES string of the molecule is CN[C@H](CC(C)C)C(=O)N[C@H]1C(=O)N[C@@H](CC(N)=O)C(=O)N[C@H]2C(=N)C[C@@H]3C(=O)C[C@H](C(=O)NCc4cc(O)cc(O)c4-c4cc3ccc4O)[C@H](O)c3ccc(c(Cl)c3)Oc3cc2cc(c3OC2OC(CO)C(O)[C@H](O)[C@@H]2O[C@H]2CC(C)(N)[C@H](O)[C@H](C)O2)Oc2ccc(cc2Cl)[C@H]1O. The molecule has 0 aromatic heterocycles. The van der Waals surface area contributed by atoms with Gasteiger partial charge in [0, 0.05) is 60.2 Å². The Kier molecular flexibility index (Phi) is 21.9. The third kappa shape index (κ3) is 15.4. The normalized spacial score (nSPS) is 29.4. The second-order valence-corrected chi connectivity index (χ2v) is 26.7. The number of fused-ring (bicyclic) bond motifs is 15. The topological polar surface area (TPSA) is 476 Å². The minimum Gasteiger partial charge on any atom is -0.508 e. The average molecular weight is 1400 g/mol. The number of phenolic OH excluding ortho intramolecular Hbond substituents is 3. The molecule has 526 valence electrons. The maximum atomic E-state index is 15.5. The Morgan fingerprint density at radius 1 is 0.786 bits per heavy atom. The van der Waals surface area contributed by atoms with Crippen molar-refractivity contribution >= 4 is 64.2 Å². The molecule has 7 aliphatic heterocycles. The summed E-state index contributed by atoms with van der Waals surface area (Å²) in [6, 6.07) is 9.23. The molecule has 2 saturated heterocycles. The number of ketones is 1. The van der Waals surface area contributed by atoms with Crippen molar-refractivity contribution in [2.75, 3.05) is 13.7 Å². The van der Waals surface area contributed by atoms with Gasteiger partial charge in [0.05, 0.1) is 59.4 Å². The van der Waals surface area contributed by atoms with Crippen LogP contribution >= 0.6 is 23.2 Å². The van der Waals surface area contributed by atoms with Crippen LogP contribution in [-0.2, 0) is 49.5 Å². The molecule has 7 heterocycles. The fourth-order valence-corrected chi connectivity index (χ4v) is 13.3. The lowest BCUT2D eigenvalue weighted by Gasteiger charge is -2.47. The number of benzene rings is 5. The molecule has 0 aliphatic carbocycles. The van der Waals surface area contributed by atoms with Gasteiger partial charge in [0.15, 0.2) is 23.9 Å². The van der Waals surface area contributed by atoms with E-state index in [0.29, 0.717) is 0 Å². The molecule has 2 fully saturated rings. The molecule has 12 rings (SSSR count).